The predicted octanol–water partition coefficient (Wildman–Crippen LogP) is 5.98. The highest BCUT2D eigenvalue weighted by molar-refractivity contribution is 5.86. The van der Waals surface area contributed by atoms with Gasteiger partial charge in [0.1, 0.15) is 6.04 Å². The van der Waals surface area contributed by atoms with E-state index in [1.54, 1.807) is 11.8 Å². The van der Waals surface area contributed by atoms with Gasteiger partial charge in [-0.15, -0.1) is 0 Å². The van der Waals surface area contributed by atoms with Gasteiger partial charge in [0.25, 0.3) is 0 Å². The maximum absolute atomic E-state index is 14.1. The average Bonchev–Trinajstić information content (AvgIpc) is 3.27. The van der Waals surface area contributed by atoms with E-state index in [2.05, 4.69) is 12.1 Å². The molecule has 0 saturated heterocycles. The summed E-state index contributed by atoms with van der Waals surface area (Å²) in [5.41, 5.74) is 5.31. The van der Waals surface area contributed by atoms with E-state index in [4.69, 9.17) is 9.47 Å². The first-order valence-corrected chi connectivity index (χ1v) is 13.6. The van der Waals surface area contributed by atoms with Gasteiger partial charge in [-0.3, -0.25) is 9.69 Å². The number of ether oxygens (including phenoxy) is 2. The number of fused-ring (bicyclic) bond motifs is 3. The van der Waals surface area contributed by atoms with E-state index in [1.807, 2.05) is 87.5 Å². The summed E-state index contributed by atoms with van der Waals surface area (Å²) in [5, 5.41) is 10.3. The molecule has 4 rings (SSSR count). The van der Waals surface area contributed by atoms with E-state index in [0.29, 0.717) is 19.8 Å². The largest absolute Gasteiger partial charge is 0.465 e. The fourth-order valence-electron chi connectivity index (χ4n) is 5.43. The number of nitrogens with zero attached hydrogens (tertiary/aromatic N) is 2. The standard InChI is InChI=1S/C32H38N2O5/c1-5-38-31(39-6-2)23(4)33(20-24-14-8-7-9-15-24)30(35)22(3)34(32(36)37)21-29-27-18-12-10-16-25(27)26-17-11-13-19-28(26)29/h7-19,22-23,29,31H,5-6,20-21H2,1-4H3,(H,36,37)/t22-,23-/m0/s1. The zero-order chi connectivity index (χ0) is 27.9. The van der Waals surface area contributed by atoms with E-state index in [1.165, 1.54) is 4.90 Å². The van der Waals surface area contributed by atoms with Crippen LogP contribution in [-0.4, -0.2) is 65.0 Å². The Balaban J connectivity index is 1.64. The first-order chi connectivity index (χ1) is 18.9. The van der Waals surface area contributed by atoms with Crippen molar-refractivity contribution in [3.05, 3.63) is 95.6 Å². The van der Waals surface area contributed by atoms with E-state index < -0.39 is 24.5 Å². The fraction of sp³-hybridized carbons (Fsp3) is 0.375. The number of hydrogen-bond acceptors (Lipinski definition) is 4. The van der Waals surface area contributed by atoms with Crippen LogP contribution in [0.25, 0.3) is 11.1 Å². The molecule has 0 spiro atoms. The van der Waals surface area contributed by atoms with Crippen molar-refractivity contribution >= 4 is 12.0 Å². The smallest absolute Gasteiger partial charge is 0.408 e. The first-order valence-electron chi connectivity index (χ1n) is 13.6. The molecule has 0 bridgehead atoms. The molecule has 3 aromatic rings. The minimum absolute atomic E-state index is 0.164. The number of rotatable bonds is 12. The van der Waals surface area contributed by atoms with Gasteiger partial charge in [-0.1, -0.05) is 78.9 Å². The van der Waals surface area contributed by atoms with E-state index in [-0.39, 0.29) is 18.4 Å². The van der Waals surface area contributed by atoms with Crippen molar-refractivity contribution in [1.82, 2.24) is 9.80 Å². The lowest BCUT2D eigenvalue weighted by molar-refractivity contribution is -0.180. The topological polar surface area (TPSA) is 79.3 Å². The Morgan fingerprint density at radius 3 is 1.82 bits per heavy atom. The van der Waals surface area contributed by atoms with Crippen LogP contribution in [0.1, 0.15) is 50.3 Å². The summed E-state index contributed by atoms with van der Waals surface area (Å²) < 4.78 is 11.7. The zero-order valence-corrected chi connectivity index (χ0v) is 23.1. The molecule has 0 unspecified atom stereocenters. The number of amides is 2. The van der Waals surface area contributed by atoms with Gasteiger partial charge in [0, 0.05) is 32.2 Å². The molecule has 0 heterocycles. The Kier molecular flexibility index (Phi) is 9.38. The van der Waals surface area contributed by atoms with Gasteiger partial charge in [0.15, 0.2) is 6.29 Å². The van der Waals surface area contributed by atoms with Gasteiger partial charge in [-0.25, -0.2) is 4.79 Å². The lowest BCUT2D eigenvalue weighted by Gasteiger charge is -2.38. The third kappa shape index (κ3) is 6.15. The molecule has 0 saturated carbocycles. The van der Waals surface area contributed by atoms with Gasteiger partial charge in [-0.2, -0.15) is 0 Å². The Morgan fingerprint density at radius 2 is 1.31 bits per heavy atom. The van der Waals surface area contributed by atoms with Crippen molar-refractivity contribution in [2.75, 3.05) is 19.8 Å². The van der Waals surface area contributed by atoms with E-state index >= 15 is 0 Å². The Hall–Kier alpha value is -3.68. The molecule has 0 aromatic heterocycles. The third-order valence-corrected chi connectivity index (χ3v) is 7.44. The molecule has 0 radical (unpaired) electrons. The second kappa shape index (κ2) is 12.9. The first kappa shape index (κ1) is 28.3. The van der Waals surface area contributed by atoms with E-state index in [9.17, 15) is 14.7 Å². The molecule has 7 heteroatoms. The normalized spacial score (nSPS) is 14.0. The third-order valence-electron chi connectivity index (χ3n) is 7.44. The molecule has 2 atom stereocenters. The van der Waals surface area contributed by atoms with Crippen LogP contribution in [0.5, 0.6) is 0 Å². The molecule has 3 aromatic carbocycles. The predicted molar refractivity (Wildman–Crippen MR) is 151 cm³/mol. The molecule has 1 aliphatic rings. The second-order valence-corrected chi connectivity index (χ2v) is 9.81. The van der Waals surface area contributed by atoms with Crippen LogP contribution in [0.4, 0.5) is 4.79 Å². The van der Waals surface area contributed by atoms with Gasteiger partial charge in [0.05, 0.1) is 6.04 Å². The summed E-state index contributed by atoms with van der Waals surface area (Å²) >= 11 is 0. The van der Waals surface area contributed by atoms with Gasteiger partial charge in [0.2, 0.25) is 5.91 Å². The van der Waals surface area contributed by atoms with Crippen molar-refractivity contribution in [3.63, 3.8) is 0 Å². The van der Waals surface area contributed by atoms with Crippen LogP contribution >= 0.6 is 0 Å². The van der Waals surface area contributed by atoms with Crippen molar-refractivity contribution < 1.29 is 24.2 Å². The molecule has 1 N–H and O–H groups in total. The Bertz CT molecular complexity index is 1210. The number of carbonyl (C=O) groups excluding carboxylic acids is 1. The molecule has 2 amide bonds. The molecule has 0 fully saturated rings. The maximum atomic E-state index is 14.1. The van der Waals surface area contributed by atoms with Gasteiger partial charge >= 0.3 is 6.09 Å². The quantitative estimate of drug-likeness (QED) is 0.291. The molecule has 39 heavy (non-hydrogen) atoms. The minimum Gasteiger partial charge on any atom is -0.465 e. The average molecular weight is 531 g/mol. The van der Waals surface area contributed by atoms with Crippen molar-refractivity contribution in [3.8, 4) is 11.1 Å². The van der Waals surface area contributed by atoms with Crippen molar-refractivity contribution in [2.24, 2.45) is 0 Å². The van der Waals surface area contributed by atoms with E-state index in [0.717, 1.165) is 27.8 Å². The van der Waals surface area contributed by atoms with Crippen molar-refractivity contribution in [2.45, 2.75) is 58.5 Å². The van der Waals surface area contributed by atoms with Crippen LogP contribution in [0, 0.1) is 0 Å². The number of carboxylic acid groups (broad SMARTS) is 1. The number of benzene rings is 3. The molecule has 206 valence electrons. The van der Waals surface area contributed by atoms with Crippen LogP contribution in [0.2, 0.25) is 0 Å². The van der Waals surface area contributed by atoms with Crippen molar-refractivity contribution in [1.29, 1.82) is 0 Å². The molecular weight excluding hydrogens is 492 g/mol. The SMILES string of the molecule is CCOC(OCC)[C@H](C)N(Cc1ccccc1)C(=O)[C@H](C)N(CC1c2ccccc2-c2ccccc21)C(=O)O. The Labute approximate surface area is 231 Å². The van der Waals surface area contributed by atoms with Crippen LogP contribution < -0.4 is 0 Å². The maximum Gasteiger partial charge on any atom is 0.408 e. The summed E-state index contributed by atoms with van der Waals surface area (Å²) in [5.74, 6) is -0.457. The van der Waals surface area contributed by atoms with Crippen LogP contribution in [0.15, 0.2) is 78.9 Å². The lowest BCUT2D eigenvalue weighted by Crippen LogP contribution is -2.55. The molecule has 7 nitrogen and oxygen atoms in total. The van der Waals surface area contributed by atoms with Crippen LogP contribution in [-0.2, 0) is 20.8 Å². The van der Waals surface area contributed by atoms with Gasteiger partial charge < -0.3 is 19.5 Å². The minimum atomic E-state index is -1.13. The Morgan fingerprint density at radius 1 is 0.795 bits per heavy atom. The highest BCUT2D eigenvalue weighted by atomic mass is 16.7. The van der Waals surface area contributed by atoms with Crippen LogP contribution in [0.3, 0.4) is 0 Å². The molecular formula is C32H38N2O5. The van der Waals surface area contributed by atoms with Gasteiger partial charge in [-0.05, 0) is 55.5 Å². The summed E-state index contributed by atoms with van der Waals surface area (Å²) in [7, 11) is 0. The zero-order valence-electron chi connectivity index (χ0n) is 23.1. The summed E-state index contributed by atoms with van der Waals surface area (Å²) in [6.07, 6.45) is -1.76. The highest BCUT2D eigenvalue weighted by Crippen LogP contribution is 2.45. The molecule has 1 aliphatic carbocycles. The number of carbonyl (C=O) groups is 2. The number of hydrogen-bond donors (Lipinski definition) is 1. The summed E-state index contributed by atoms with van der Waals surface area (Å²) in [6.45, 7) is 8.67. The second-order valence-electron chi connectivity index (χ2n) is 9.81. The monoisotopic (exact) mass is 530 g/mol. The lowest BCUT2D eigenvalue weighted by atomic mass is 9.96. The highest BCUT2D eigenvalue weighted by Gasteiger charge is 2.38. The summed E-state index contributed by atoms with van der Waals surface area (Å²) in [4.78, 5) is 29.7. The summed E-state index contributed by atoms with van der Waals surface area (Å²) in [6, 6.07) is 24.5. The molecule has 0 aliphatic heterocycles. The fourth-order valence-corrected chi connectivity index (χ4v) is 5.43.